The molecule has 0 bridgehead atoms. The Labute approximate surface area is 143 Å². The first-order chi connectivity index (χ1) is 11.6. The molecule has 3 rings (SSSR count). The topological polar surface area (TPSA) is 74.3 Å². The van der Waals surface area contributed by atoms with Crippen LogP contribution in [0.3, 0.4) is 0 Å². The van der Waals surface area contributed by atoms with E-state index >= 15 is 0 Å². The van der Waals surface area contributed by atoms with E-state index in [-0.39, 0.29) is 17.9 Å². The van der Waals surface area contributed by atoms with Crippen molar-refractivity contribution in [2.45, 2.75) is 38.6 Å². The van der Waals surface area contributed by atoms with Gasteiger partial charge in [0.05, 0.1) is 6.04 Å². The Kier molecular flexibility index (Phi) is 5.45. The van der Waals surface area contributed by atoms with Gasteiger partial charge < -0.3 is 15.5 Å². The maximum absolute atomic E-state index is 12.7. The number of aryl methyl sites for hydroxylation is 1. The summed E-state index contributed by atoms with van der Waals surface area (Å²) < 4.78 is 0. The standard InChI is InChI=1S/C18H26N4O2/c1-13-5-2-9-20-16(13)18(24)22-10-4-6-14(12-22)11-21-17(23)15-7-3-8-19-15/h2,5,9,14-15,19H,3-4,6-8,10-12H2,1H3,(H,21,23). The molecule has 2 N–H and O–H groups in total. The first kappa shape index (κ1) is 16.9. The Balaban J connectivity index is 1.53. The third kappa shape index (κ3) is 3.93. The second-order valence-corrected chi connectivity index (χ2v) is 6.82. The Hall–Kier alpha value is -1.95. The molecule has 2 fully saturated rings. The molecule has 3 heterocycles. The fourth-order valence-corrected chi connectivity index (χ4v) is 3.55. The van der Waals surface area contributed by atoms with Crippen LogP contribution < -0.4 is 10.6 Å². The summed E-state index contributed by atoms with van der Waals surface area (Å²) >= 11 is 0. The van der Waals surface area contributed by atoms with Crippen molar-refractivity contribution in [2.24, 2.45) is 5.92 Å². The molecule has 2 aliphatic heterocycles. The molecule has 2 unspecified atom stereocenters. The van der Waals surface area contributed by atoms with Crippen LogP contribution in [-0.2, 0) is 4.79 Å². The minimum absolute atomic E-state index is 0.00147. The number of aromatic nitrogens is 1. The Morgan fingerprint density at radius 2 is 2.25 bits per heavy atom. The van der Waals surface area contributed by atoms with E-state index in [0.717, 1.165) is 44.3 Å². The molecular weight excluding hydrogens is 304 g/mol. The zero-order valence-electron chi connectivity index (χ0n) is 14.3. The summed E-state index contributed by atoms with van der Waals surface area (Å²) in [5.74, 6) is 0.412. The number of amides is 2. The van der Waals surface area contributed by atoms with Gasteiger partial charge in [0, 0.05) is 25.8 Å². The molecule has 1 aromatic heterocycles. The average Bonchev–Trinajstić information content (AvgIpc) is 3.14. The summed E-state index contributed by atoms with van der Waals surface area (Å²) in [5, 5.41) is 6.26. The van der Waals surface area contributed by atoms with E-state index in [9.17, 15) is 9.59 Å². The fourth-order valence-electron chi connectivity index (χ4n) is 3.55. The van der Waals surface area contributed by atoms with E-state index in [1.807, 2.05) is 24.0 Å². The molecule has 130 valence electrons. The van der Waals surface area contributed by atoms with Crippen LogP contribution in [0.1, 0.15) is 41.7 Å². The highest BCUT2D eigenvalue weighted by molar-refractivity contribution is 5.93. The second-order valence-electron chi connectivity index (χ2n) is 6.82. The maximum atomic E-state index is 12.7. The molecular formula is C18H26N4O2. The molecule has 6 heteroatoms. The molecule has 2 saturated heterocycles. The third-order valence-corrected chi connectivity index (χ3v) is 4.96. The lowest BCUT2D eigenvalue weighted by atomic mass is 9.97. The van der Waals surface area contributed by atoms with E-state index in [0.29, 0.717) is 24.7 Å². The highest BCUT2D eigenvalue weighted by atomic mass is 16.2. The van der Waals surface area contributed by atoms with Gasteiger partial charge in [-0.3, -0.25) is 14.6 Å². The van der Waals surface area contributed by atoms with E-state index in [4.69, 9.17) is 0 Å². The molecule has 0 saturated carbocycles. The summed E-state index contributed by atoms with van der Waals surface area (Å²) in [6.45, 7) is 4.93. The first-order valence-corrected chi connectivity index (χ1v) is 8.87. The number of hydrogen-bond acceptors (Lipinski definition) is 4. The summed E-state index contributed by atoms with van der Waals surface area (Å²) in [6.07, 6.45) is 5.66. The van der Waals surface area contributed by atoms with Gasteiger partial charge in [0.25, 0.3) is 5.91 Å². The maximum Gasteiger partial charge on any atom is 0.272 e. The van der Waals surface area contributed by atoms with Crippen LogP contribution in [-0.4, -0.2) is 53.9 Å². The zero-order valence-corrected chi connectivity index (χ0v) is 14.3. The molecule has 0 aromatic carbocycles. The van der Waals surface area contributed by atoms with Gasteiger partial charge in [-0.25, -0.2) is 0 Å². The first-order valence-electron chi connectivity index (χ1n) is 8.87. The highest BCUT2D eigenvalue weighted by Gasteiger charge is 2.27. The minimum atomic E-state index is -0.0394. The minimum Gasteiger partial charge on any atom is -0.354 e. The predicted molar refractivity (Wildman–Crippen MR) is 91.6 cm³/mol. The number of nitrogens with zero attached hydrogens (tertiary/aromatic N) is 2. The number of pyridine rings is 1. The molecule has 1 aromatic rings. The average molecular weight is 330 g/mol. The van der Waals surface area contributed by atoms with Gasteiger partial charge in [-0.2, -0.15) is 0 Å². The molecule has 24 heavy (non-hydrogen) atoms. The molecule has 0 spiro atoms. The SMILES string of the molecule is Cc1cccnc1C(=O)N1CCCC(CNC(=O)C2CCCN2)C1. The van der Waals surface area contributed by atoms with Crippen LogP contribution in [0.25, 0.3) is 0 Å². The van der Waals surface area contributed by atoms with Crippen LogP contribution in [0.5, 0.6) is 0 Å². The van der Waals surface area contributed by atoms with E-state index in [2.05, 4.69) is 15.6 Å². The third-order valence-electron chi connectivity index (χ3n) is 4.96. The Bertz CT molecular complexity index is 598. The predicted octanol–water partition coefficient (Wildman–Crippen LogP) is 1.11. The number of nitrogens with one attached hydrogen (secondary N) is 2. The van der Waals surface area contributed by atoms with Gasteiger partial charge in [0.15, 0.2) is 0 Å². The van der Waals surface area contributed by atoms with Crippen molar-refractivity contribution in [3.63, 3.8) is 0 Å². The molecule has 0 aliphatic carbocycles. The number of carbonyl (C=O) groups is 2. The van der Waals surface area contributed by atoms with Crippen LogP contribution >= 0.6 is 0 Å². The van der Waals surface area contributed by atoms with Crippen LogP contribution in [0.2, 0.25) is 0 Å². The fraction of sp³-hybridized carbons (Fsp3) is 0.611. The van der Waals surface area contributed by atoms with Gasteiger partial charge in [0.1, 0.15) is 5.69 Å². The van der Waals surface area contributed by atoms with Crippen molar-refractivity contribution in [3.05, 3.63) is 29.6 Å². The Morgan fingerprint density at radius 1 is 1.38 bits per heavy atom. The Morgan fingerprint density at radius 3 is 3.00 bits per heavy atom. The van der Waals surface area contributed by atoms with E-state index < -0.39 is 0 Å². The lowest BCUT2D eigenvalue weighted by molar-refractivity contribution is -0.123. The van der Waals surface area contributed by atoms with Crippen molar-refractivity contribution < 1.29 is 9.59 Å². The van der Waals surface area contributed by atoms with E-state index in [1.54, 1.807) is 6.20 Å². The monoisotopic (exact) mass is 330 g/mol. The normalized spacial score (nSPS) is 24.0. The van der Waals surface area contributed by atoms with Gasteiger partial charge in [0.2, 0.25) is 5.91 Å². The summed E-state index contributed by atoms with van der Waals surface area (Å²) in [6, 6.07) is 3.72. The molecule has 2 aliphatic rings. The van der Waals surface area contributed by atoms with Crippen LogP contribution in [0.4, 0.5) is 0 Å². The quantitative estimate of drug-likeness (QED) is 0.867. The lowest BCUT2D eigenvalue weighted by Crippen LogP contribution is -2.47. The highest BCUT2D eigenvalue weighted by Crippen LogP contribution is 2.19. The van der Waals surface area contributed by atoms with Crippen molar-refractivity contribution in [3.8, 4) is 0 Å². The smallest absolute Gasteiger partial charge is 0.272 e. The lowest BCUT2D eigenvalue weighted by Gasteiger charge is -2.33. The number of piperidine rings is 1. The van der Waals surface area contributed by atoms with Gasteiger partial charge in [-0.05, 0) is 56.7 Å². The summed E-state index contributed by atoms with van der Waals surface area (Å²) in [4.78, 5) is 30.9. The molecule has 0 radical (unpaired) electrons. The summed E-state index contributed by atoms with van der Waals surface area (Å²) in [7, 11) is 0. The summed E-state index contributed by atoms with van der Waals surface area (Å²) in [5.41, 5.74) is 1.45. The zero-order chi connectivity index (χ0) is 16.9. The van der Waals surface area contributed by atoms with Crippen molar-refractivity contribution in [2.75, 3.05) is 26.2 Å². The number of likely N-dealkylation sites (tertiary alicyclic amines) is 1. The number of rotatable bonds is 4. The second kappa shape index (κ2) is 7.75. The molecule has 2 atom stereocenters. The number of carbonyl (C=O) groups excluding carboxylic acids is 2. The van der Waals surface area contributed by atoms with Crippen LogP contribution in [0, 0.1) is 12.8 Å². The van der Waals surface area contributed by atoms with E-state index in [1.165, 1.54) is 0 Å². The van der Waals surface area contributed by atoms with Crippen molar-refractivity contribution in [1.82, 2.24) is 20.5 Å². The largest absolute Gasteiger partial charge is 0.354 e. The van der Waals surface area contributed by atoms with Crippen molar-refractivity contribution >= 4 is 11.8 Å². The molecule has 6 nitrogen and oxygen atoms in total. The van der Waals surface area contributed by atoms with Gasteiger partial charge in [-0.1, -0.05) is 6.07 Å². The van der Waals surface area contributed by atoms with Crippen molar-refractivity contribution in [1.29, 1.82) is 0 Å². The number of hydrogen-bond donors (Lipinski definition) is 2. The van der Waals surface area contributed by atoms with Gasteiger partial charge >= 0.3 is 0 Å². The van der Waals surface area contributed by atoms with Gasteiger partial charge in [-0.15, -0.1) is 0 Å². The van der Waals surface area contributed by atoms with Crippen LogP contribution in [0.15, 0.2) is 18.3 Å². The molecule has 2 amide bonds.